The van der Waals surface area contributed by atoms with Crippen molar-refractivity contribution in [1.82, 2.24) is 0 Å². The average molecular weight is 553 g/mol. The molecule has 0 bridgehead atoms. The van der Waals surface area contributed by atoms with Gasteiger partial charge in [-0.15, -0.1) is 0 Å². The fourth-order valence-electron chi connectivity index (χ4n) is 6.34. The summed E-state index contributed by atoms with van der Waals surface area (Å²) in [5.74, 6) is 1.53. The zero-order valence-electron chi connectivity index (χ0n) is 25.7. The van der Waals surface area contributed by atoms with Gasteiger partial charge < -0.3 is 20.4 Å². The number of aromatic hydroxyl groups is 4. The Balaban J connectivity index is 1.74. The van der Waals surface area contributed by atoms with Gasteiger partial charge in [-0.2, -0.15) is 0 Å². The highest BCUT2D eigenvalue weighted by atomic mass is 16.3. The van der Waals surface area contributed by atoms with Gasteiger partial charge >= 0.3 is 0 Å². The van der Waals surface area contributed by atoms with Crippen molar-refractivity contribution in [2.75, 3.05) is 0 Å². The highest BCUT2D eigenvalue weighted by molar-refractivity contribution is 5.51. The predicted octanol–water partition coefficient (Wildman–Crippen LogP) is 9.11. The van der Waals surface area contributed by atoms with Crippen LogP contribution in [0.2, 0.25) is 0 Å². The van der Waals surface area contributed by atoms with E-state index < -0.39 is 0 Å². The van der Waals surface area contributed by atoms with Crippen LogP contribution in [-0.4, -0.2) is 20.4 Å². The van der Waals surface area contributed by atoms with E-state index in [0.717, 1.165) is 86.0 Å². The molecule has 0 spiro atoms. The van der Waals surface area contributed by atoms with Crippen LogP contribution >= 0.6 is 0 Å². The first-order chi connectivity index (χ1) is 19.3. The number of benzene rings is 4. The highest BCUT2D eigenvalue weighted by Gasteiger charge is 2.22. The lowest BCUT2D eigenvalue weighted by Gasteiger charge is -2.25. The largest absolute Gasteiger partial charge is 0.507 e. The second-order valence-electron chi connectivity index (χ2n) is 12.0. The van der Waals surface area contributed by atoms with Gasteiger partial charge in [0.05, 0.1) is 0 Å². The van der Waals surface area contributed by atoms with Crippen LogP contribution in [0.5, 0.6) is 23.0 Å². The molecule has 0 aliphatic carbocycles. The lowest BCUT2D eigenvalue weighted by atomic mass is 9.80. The van der Waals surface area contributed by atoms with Crippen LogP contribution in [-0.2, 0) is 0 Å². The minimum Gasteiger partial charge on any atom is -0.507 e. The maximum absolute atomic E-state index is 10.5. The van der Waals surface area contributed by atoms with Crippen LogP contribution in [0.25, 0.3) is 0 Å². The fourth-order valence-corrected chi connectivity index (χ4v) is 6.34. The van der Waals surface area contributed by atoms with Gasteiger partial charge in [-0.25, -0.2) is 0 Å². The Labute approximate surface area is 245 Å². The van der Waals surface area contributed by atoms with Crippen molar-refractivity contribution in [3.05, 3.63) is 115 Å². The molecule has 4 rings (SSSR count). The Bertz CT molecular complexity index is 1270. The Morgan fingerprint density at radius 1 is 0.366 bits per heavy atom. The monoisotopic (exact) mass is 552 g/mol. The van der Waals surface area contributed by atoms with E-state index in [4.69, 9.17) is 0 Å². The number of hydrogen-bond donors (Lipinski definition) is 4. The van der Waals surface area contributed by atoms with Gasteiger partial charge in [-0.05, 0) is 135 Å². The molecule has 0 saturated carbocycles. The first kappa shape index (κ1) is 30.0. The summed E-state index contributed by atoms with van der Waals surface area (Å²) in [4.78, 5) is 0. The third kappa shape index (κ3) is 6.22. The molecule has 4 nitrogen and oxygen atoms in total. The molecular weight excluding hydrogens is 508 g/mol. The molecule has 4 heteroatoms. The highest BCUT2D eigenvalue weighted by Crippen LogP contribution is 2.40. The summed E-state index contributed by atoms with van der Waals surface area (Å²) in [6.07, 6.45) is 2.69. The summed E-state index contributed by atoms with van der Waals surface area (Å²) in [6, 6.07) is 16.7. The van der Waals surface area contributed by atoms with Crippen LogP contribution in [0.4, 0.5) is 0 Å². The van der Waals surface area contributed by atoms with Crippen LogP contribution in [0, 0.1) is 55.4 Å². The van der Waals surface area contributed by atoms with E-state index in [-0.39, 0.29) is 11.8 Å². The van der Waals surface area contributed by atoms with E-state index in [1.54, 1.807) is 0 Å². The van der Waals surface area contributed by atoms with Crippen molar-refractivity contribution in [3.63, 3.8) is 0 Å². The summed E-state index contributed by atoms with van der Waals surface area (Å²) < 4.78 is 0. The minimum atomic E-state index is 0.0956. The lowest BCUT2D eigenvalue weighted by molar-refractivity contribution is 0.465. The number of rotatable bonds is 8. The molecule has 41 heavy (non-hydrogen) atoms. The second kappa shape index (κ2) is 11.9. The van der Waals surface area contributed by atoms with Gasteiger partial charge in [-0.1, -0.05) is 55.0 Å². The van der Waals surface area contributed by atoms with Crippen molar-refractivity contribution < 1.29 is 20.4 Å². The Kier molecular flexibility index (Phi) is 8.72. The summed E-state index contributed by atoms with van der Waals surface area (Å²) in [5.41, 5.74) is 11.5. The number of phenols is 4. The SMILES string of the molecule is Cc1cc(C(CCCC(c2cc(C)c(O)c(C)c2)c2cc(C)c(O)c(C)c2)c2cc(C)c(O)c(C)c2)cc(C)c1O. The zero-order valence-corrected chi connectivity index (χ0v) is 25.7. The van der Waals surface area contributed by atoms with E-state index in [2.05, 4.69) is 48.5 Å². The first-order valence-electron chi connectivity index (χ1n) is 14.5. The van der Waals surface area contributed by atoms with Gasteiger partial charge in [0.15, 0.2) is 0 Å². The Morgan fingerprint density at radius 2 is 0.537 bits per heavy atom. The summed E-state index contributed by atoms with van der Waals surface area (Å²) in [5, 5.41) is 41.9. The van der Waals surface area contributed by atoms with Crippen LogP contribution in [0.15, 0.2) is 48.5 Å². The molecule has 0 aliphatic rings. The van der Waals surface area contributed by atoms with Gasteiger partial charge in [0.25, 0.3) is 0 Å². The van der Waals surface area contributed by atoms with E-state index in [0.29, 0.717) is 23.0 Å². The maximum Gasteiger partial charge on any atom is 0.121 e. The molecule has 0 amide bonds. The van der Waals surface area contributed by atoms with Crippen LogP contribution in [0.1, 0.15) is 97.9 Å². The molecule has 0 unspecified atom stereocenters. The Morgan fingerprint density at radius 3 is 0.707 bits per heavy atom. The first-order valence-corrected chi connectivity index (χ1v) is 14.5. The van der Waals surface area contributed by atoms with E-state index >= 15 is 0 Å². The summed E-state index contributed by atoms with van der Waals surface area (Å²) in [7, 11) is 0. The molecule has 0 saturated heterocycles. The topological polar surface area (TPSA) is 80.9 Å². The third-order valence-electron chi connectivity index (χ3n) is 8.65. The lowest BCUT2D eigenvalue weighted by Crippen LogP contribution is -2.07. The number of hydrogen-bond acceptors (Lipinski definition) is 4. The second-order valence-corrected chi connectivity index (χ2v) is 12.0. The average Bonchev–Trinajstić information content (AvgIpc) is 2.91. The Hall–Kier alpha value is -3.92. The van der Waals surface area contributed by atoms with Gasteiger partial charge in [0, 0.05) is 11.8 Å². The molecule has 4 aromatic rings. The normalized spacial score (nSPS) is 11.6. The molecule has 4 N–H and O–H groups in total. The van der Waals surface area contributed by atoms with Crippen molar-refractivity contribution in [2.45, 2.75) is 86.5 Å². The van der Waals surface area contributed by atoms with Crippen molar-refractivity contribution in [3.8, 4) is 23.0 Å². The van der Waals surface area contributed by atoms with Crippen LogP contribution in [0.3, 0.4) is 0 Å². The molecule has 0 radical (unpaired) electrons. The fraction of sp³-hybridized carbons (Fsp3) is 0.351. The van der Waals surface area contributed by atoms with Crippen molar-refractivity contribution in [2.24, 2.45) is 0 Å². The van der Waals surface area contributed by atoms with Gasteiger partial charge in [0.2, 0.25) is 0 Å². The standard InChI is InChI=1S/C37H44O4/c1-20-12-28(13-21(2)34(20)38)32(29-14-22(3)35(39)23(4)15-29)10-9-11-33(30-16-24(5)36(40)25(6)17-30)31-18-26(7)37(41)27(8)19-31/h12-19,32-33,38-41H,9-11H2,1-8H3. The van der Waals surface area contributed by atoms with Crippen LogP contribution < -0.4 is 0 Å². The van der Waals surface area contributed by atoms with Gasteiger partial charge in [0.1, 0.15) is 23.0 Å². The summed E-state index contributed by atoms with van der Waals surface area (Å²) in [6.45, 7) is 15.5. The molecule has 4 aromatic carbocycles. The molecule has 216 valence electrons. The molecule has 0 aromatic heterocycles. The molecule has 0 fully saturated rings. The number of aryl methyl sites for hydroxylation is 8. The molecular formula is C37H44O4. The summed E-state index contributed by atoms with van der Waals surface area (Å²) >= 11 is 0. The predicted molar refractivity (Wildman–Crippen MR) is 168 cm³/mol. The third-order valence-corrected chi connectivity index (χ3v) is 8.65. The molecule has 0 atom stereocenters. The van der Waals surface area contributed by atoms with E-state index in [1.807, 2.05) is 55.4 Å². The van der Waals surface area contributed by atoms with E-state index in [1.165, 1.54) is 0 Å². The molecule has 0 aliphatic heterocycles. The maximum atomic E-state index is 10.5. The minimum absolute atomic E-state index is 0.0956. The zero-order chi connectivity index (χ0) is 30.2. The van der Waals surface area contributed by atoms with Crippen molar-refractivity contribution in [1.29, 1.82) is 0 Å². The van der Waals surface area contributed by atoms with Crippen molar-refractivity contribution >= 4 is 0 Å². The van der Waals surface area contributed by atoms with Gasteiger partial charge in [-0.3, -0.25) is 0 Å². The quantitative estimate of drug-likeness (QED) is 0.176. The molecule has 0 heterocycles. The smallest absolute Gasteiger partial charge is 0.121 e. The number of phenolic OH excluding ortho intramolecular Hbond substituents is 4. The van der Waals surface area contributed by atoms with E-state index in [9.17, 15) is 20.4 Å².